The zero-order valence-corrected chi connectivity index (χ0v) is 52.5. The molecule has 0 saturated carbocycles. The van der Waals surface area contributed by atoms with Gasteiger partial charge < -0.3 is 39.8 Å². The Kier molecular flexibility index (Phi) is 22.8. The summed E-state index contributed by atoms with van der Waals surface area (Å²) >= 11 is 13.3. The molecule has 0 spiro atoms. The third-order valence-corrected chi connectivity index (χ3v) is 17.2. The zero-order chi connectivity index (χ0) is 53.3. The number of pyridine rings is 5. The van der Waals surface area contributed by atoms with Crippen molar-refractivity contribution in [3.05, 3.63) is 110 Å². The molecular weight excluding hydrogens is 1240 g/mol. The molecule has 25 heteroatoms. The summed E-state index contributed by atoms with van der Waals surface area (Å²) in [4.78, 5) is 40.5. The minimum absolute atomic E-state index is 0.373. The Morgan fingerprint density at radius 3 is 1.49 bits per heavy atom. The molecule has 9 aromatic heterocycles. The molecule has 73 heavy (non-hydrogen) atoms. The molecule has 9 aromatic rings. The number of hydrogen-bond acceptors (Lipinski definition) is 14. The molecule has 0 aliphatic rings. The van der Waals surface area contributed by atoms with Gasteiger partial charge in [0.15, 0.2) is 22.6 Å². The monoisotopic (exact) mass is 1300 g/mol. The van der Waals surface area contributed by atoms with E-state index in [1.54, 1.807) is 56.2 Å². The minimum Gasteiger partial charge on any atom is -0.396 e. The van der Waals surface area contributed by atoms with E-state index in [0.29, 0.717) is 31.7 Å². The van der Waals surface area contributed by atoms with E-state index in [1.807, 2.05) is 45.0 Å². The maximum atomic E-state index is 5.73. The predicted octanol–water partition coefficient (Wildman–Crippen LogP) is 12.8. The molecule has 0 amide bonds. The van der Waals surface area contributed by atoms with Crippen molar-refractivity contribution in [2.24, 2.45) is 0 Å². The van der Waals surface area contributed by atoms with Gasteiger partial charge in [-0.25, -0.2) is 44.9 Å². The van der Waals surface area contributed by atoms with Crippen molar-refractivity contribution in [2.45, 2.75) is 104 Å². The number of aryl methyl sites for hydroxylation is 1. The molecule has 392 valence electrons. The molecule has 9 heterocycles. The quantitative estimate of drug-likeness (QED) is 0.0641. The highest BCUT2D eigenvalue weighted by atomic mass is 79.9. The number of anilines is 2. The third-order valence-electron chi connectivity index (χ3n) is 10.3. The Balaban J connectivity index is 0.000000173. The van der Waals surface area contributed by atoms with Crippen LogP contribution in [0.25, 0.3) is 44.7 Å². The lowest BCUT2D eigenvalue weighted by atomic mass is 10.3. The first kappa shape index (κ1) is 59.6. The number of nitrogen functional groups attached to an aromatic ring is 2. The van der Waals surface area contributed by atoms with Crippen molar-refractivity contribution >= 4 is 144 Å². The fourth-order valence-corrected chi connectivity index (χ4v) is 9.67. The molecule has 0 fully saturated rings. The SMILES string of the molecule is Brc1cnc2nc[nH]c2c1.C[Si](C)(C)CCOCn1cnc2cc(Br)cnc21.C[Si](C)(C)CCOCn1cnc2ncc(Br)cc21.Cc1cnc2ncn(COCC[Si](C)(C)C)c2c1.Nc1cc(Br)cnc1N. The standard InChI is InChI=1S/C13H21N3OSi.2C12H18BrN3OSi.C6H4BrN3.C5H6BrN3/c1-11-7-12-13(14-8-11)15-9-16(12)10-17-5-6-18(2,3)4;1-18(2,3)5-4-17-9-16-8-15-12-11(16)6-10(13)7-14-12;1-18(2,3)5-4-17-9-16-8-15-11-6-10(13)7-14-12(11)16;7-4-1-5-6(8-2-4)10-3-9-5;6-3-1-4(7)5(8)9-2-3/h7-9H,5-6,10H2,1-4H3;2*6-8H,4-5,9H2,1-3H3;1-3H,(H,8,9,10);1-2H,7H2,(H2,8,9). The van der Waals surface area contributed by atoms with Gasteiger partial charge in [0.25, 0.3) is 0 Å². The highest BCUT2D eigenvalue weighted by Gasteiger charge is 2.15. The number of aromatic amines is 1. The van der Waals surface area contributed by atoms with E-state index in [4.69, 9.17) is 25.7 Å². The van der Waals surface area contributed by atoms with Gasteiger partial charge in [-0.15, -0.1) is 0 Å². The number of halogens is 4. The van der Waals surface area contributed by atoms with Gasteiger partial charge in [0.2, 0.25) is 0 Å². The van der Waals surface area contributed by atoms with Crippen LogP contribution in [-0.2, 0) is 34.4 Å². The lowest BCUT2D eigenvalue weighted by Crippen LogP contribution is -2.22. The molecular formula is C48H67Br4N15O3Si3. The third kappa shape index (κ3) is 21.1. The van der Waals surface area contributed by atoms with E-state index in [9.17, 15) is 0 Å². The predicted molar refractivity (Wildman–Crippen MR) is 317 cm³/mol. The van der Waals surface area contributed by atoms with E-state index in [1.165, 1.54) is 18.1 Å². The summed E-state index contributed by atoms with van der Waals surface area (Å²) < 4.78 is 26.8. The van der Waals surface area contributed by atoms with E-state index in [2.05, 4.69) is 179 Å². The lowest BCUT2D eigenvalue weighted by Gasteiger charge is -2.15. The summed E-state index contributed by atoms with van der Waals surface area (Å²) in [5.41, 5.74) is 19.4. The Labute approximate surface area is 463 Å². The van der Waals surface area contributed by atoms with Gasteiger partial charge in [-0.2, -0.15) is 0 Å². The second kappa shape index (κ2) is 28.0. The van der Waals surface area contributed by atoms with Crippen LogP contribution in [0.3, 0.4) is 0 Å². The normalized spacial score (nSPS) is 11.6. The number of imidazole rings is 4. The van der Waals surface area contributed by atoms with Crippen molar-refractivity contribution in [1.82, 2.24) is 63.5 Å². The topological polar surface area (TPSA) is 226 Å². The highest BCUT2D eigenvalue weighted by Crippen LogP contribution is 2.20. The fourth-order valence-electron chi connectivity index (χ4n) is 6.08. The summed E-state index contributed by atoms with van der Waals surface area (Å²) in [7, 11) is -3.03. The van der Waals surface area contributed by atoms with Crippen LogP contribution in [0.2, 0.25) is 77.1 Å². The highest BCUT2D eigenvalue weighted by molar-refractivity contribution is 9.11. The van der Waals surface area contributed by atoms with E-state index < -0.39 is 24.2 Å². The van der Waals surface area contributed by atoms with Crippen LogP contribution in [0.1, 0.15) is 5.56 Å². The number of H-pyrrole nitrogens is 1. The Morgan fingerprint density at radius 2 is 0.945 bits per heavy atom. The number of nitrogens with two attached hydrogens (primary N) is 2. The summed E-state index contributed by atoms with van der Waals surface area (Å²) in [5.74, 6) is 0.373. The average Bonchev–Trinajstić information content (AvgIpc) is 4.13. The van der Waals surface area contributed by atoms with Crippen LogP contribution >= 0.6 is 63.7 Å². The van der Waals surface area contributed by atoms with Gasteiger partial charge in [0.1, 0.15) is 31.5 Å². The minimum atomic E-state index is -1.01. The molecule has 0 radical (unpaired) electrons. The van der Waals surface area contributed by atoms with Gasteiger partial charge >= 0.3 is 0 Å². The molecule has 0 aliphatic heterocycles. The Bertz CT molecular complexity index is 3030. The average molecular weight is 1310 g/mol. The number of hydrogen-bond donors (Lipinski definition) is 3. The molecule has 0 bridgehead atoms. The molecule has 5 N–H and O–H groups in total. The van der Waals surface area contributed by atoms with Crippen LogP contribution < -0.4 is 11.5 Å². The van der Waals surface area contributed by atoms with Crippen LogP contribution in [-0.4, -0.2) is 108 Å². The summed E-state index contributed by atoms with van der Waals surface area (Å²) in [6.07, 6.45) is 15.7. The van der Waals surface area contributed by atoms with E-state index in [0.717, 1.165) is 87.9 Å². The van der Waals surface area contributed by atoms with Gasteiger partial charge in [0, 0.05) is 92.9 Å². The number of nitrogens with one attached hydrogen (secondary N) is 1. The number of ether oxygens (including phenoxy) is 3. The first-order valence-electron chi connectivity index (χ1n) is 23.5. The van der Waals surface area contributed by atoms with Crippen LogP contribution in [0.5, 0.6) is 0 Å². The zero-order valence-electron chi connectivity index (χ0n) is 43.2. The maximum Gasteiger partial charge on any atom is 0.177 e. The lowest BCUT2D eigenvalue weighted by molar-refractivity contribution is 0.0894. The van der Waals surface area contributed by atoms with Crippen LogP contribution in [0.4, 0.5) is 11.5 Å². The van der Waals surface area contributed by atoms with Crippen molar-refractivity contribution in [3.63, 3.8) is 0 Å². The molecule has 0 aromatic carbocycles. The summed E-state index contributed by atoms with van der Waals surface area (Å²) in [5, 5.41) is 0. The smallest absolute Gasteiger partial charge is 0.177 e. The number of nitrogens with zero attached hydrogens (tertiary/aromatic N) is 12. The Hall–Kier alpha value is -4.32. The Morgan fingerprint density at radius 1 is 0.493 bits per heavy atom. The first-order valence-corrected chi connectivity index (χ1v) is 37.8. The number of aromatic nitrogens is 13. The molecule has 9 rings (SSSR count). The van der Waals surface area contributed by atoms with Crippen molar-refractivity contribution < 1.29 is 14.2 Å². The van der Waals surface area contributed by atoms with Crippen LogP contribution in [0, 0.1) is 6.92 Å². The largest absolute Gasteiger partial charge is 0.396 e. The number of rotatable bonds is 15. The van der Waals surface area contributed by atoms with Crippen LogP contribution in [0.15, 0.2) is 105 Å². The van der Waals surface area contributed by atoms with E-state index in [-0.39, 0.29) is 0 Å². The molecule has 0 aliphatic carbocycles. The molecule has 0 atom stereocenters. The fraction of sp³-hybridized carbons (Fsp3) is 0.396. The summed E-state index contributed by atoms with van der Waals surface area (Å²) in [6.45, 7) is 27.3. The number of fused-ring (bicyclic) bond motifs is 4. The second-order valence-corrected chi connectivity index (χ2v) is 41.1. The van der Waals surface area contributed by atoms with E-state index >= 15 is 0 Å². The van der Waals surface area contributed by atoms with Crippen molar-refractivity contribution in [1.29, 1.82) is 0 Å². The second-order valence-electron chi connectivity index (χ2n) is 20.6. The van der Waals surface area contributed by atoms with Gasteiger partial charge in [0.05, 0.1) is 47.5 Å². The molecule has 0 unspecified atom stereocenters. The van der Waals surface area contributed by atoms with Gasteiger partial charge in [-0.3, -0.25) is 4.57 Å². The maximum absolute atomic E-state index is 5.73. The van der Waals surface area contributed by atoms with Gasteiger partial charge in [-0.1, -0.05) is 58.9 Å². The molecule has 0 saturated heterocycles. The van der Waals surface area contributed by atoms with Gasteiger partial charge in [-0.05, 0) is 125 Å². The van der Waals surface area contributed by atoms with Crippen molar-refractivity contribution in [2.75, 3.05) is 31.3 Å². The summed E-state index contributed by atoms with van der Waals surface area (Å²) in [6, 6.07) is 13.3. The molecule has 18 nitrogen and oxygen atoms in total. The van der Waals surface area contributed by atoms with Crippen molar-refractivity contribution in [3.8, 4) is 0 Å². The first-order chi connectivity index (χ1) is 34.4.